The molecule has 0 saturated heterocycles. The smallest absolute Gasteiger partial charge is 0.306 e. The van der Waals surface area contributed by atoms with Crippen molar-refractivity contribution in [3.05, 3.63) is 12.2 Å². The Hall–Kier alpha value is -0.870. The number of ether oxygens (including phenoxy) is 1. The summed E-state index contributed by atoms with van der Waals surface area (Å²) < 4.78 is 6.34. The van der Waals surface area contributed by atoms with Crippen molar-refractivity contribution in [3.63, 3.8) is 0 Å². The quantitative estimate of drug-likeness (QED) is 0.0998. The highest BCUT2D eigenvalue weighted by molar-refractivity contribution is 5.69. The normalized spacial score (nSPS) is 38.6. The first-order valence-corrected chi connectivity index (χ1v) is 19.8. The minimum absolute atomic E-state index is 0.0216. The van der Waals surface area contributed by atoms with Crippen LogP contribution in [0.2, 0.25) is 0 Å². The molecule has 0 radical (unpaired) electrons. The number of aliphatic hydroxyl groups excluding tert-OH is 1. The molecule has 4 fully saturated rings. The topological polar surface area (TPSA) is 66.8 Å². The van der Waals surface area contributed by atoms with Gasteiger partial charge in [0.1, 0.15) is 6.10 Å². The van der Waals surface area contributed by atoms with Crippen LogP contribution in [-0.2, 0) is 9.53 Å². The van der Waals surface area contributed by atoms with Gasteiger partial charge in [-0.2, -0.15) is 0 Å². The van der Waals surface area contributed by atoms with E-state index in [2.05, 4.69) is 48.1 Å². The maximum atomic E-state index is 13.1. The number of unbranched alkanes of at least 4 members (excludes halogenated alkanes) is 8. The van der Waals surface area contributed by atoms with Gasteiger partial charge in [0.25, 0.3) is 0 Å². The third-order valence-corrected chi connectivity index (χ3v) is 15.4. The van der Waals surface area contributed by atoms with E-state index in [1.54, 1.807) is 0 Å². The number of carbonyl (C=O) groups excluding carboxylic acids is 1. The lowest BCUT2D eigenvalue weighted by molar-refractivity contribution is -0.230. The first-order chi connectivity index (χ1) is 21.5. The highest BCUT2D eigenvalue weighted by Crippen LogP contribution is 2.76. The Morgan fingerprint density at radius 1 is 0.848 bits per heavy atom. The molecule has 0 aromatic heterocycles. The van der Waals surface area contributed by atoms with Gasteiger partial charge in [0.05, 0.1) is 11.7 Å². The summed E-state index contributed by atoms with van der Waals surface area (Å²) in [6.45, 7) is 22.7. The van der Waals surface area contributed by atoms with E-state index in [4.69, 9.17) is 4.74 Å². The molecular formula is C42H74O4. The maximum Gasteiger partial charge on any atom is 0.306 e. The summed E-state index contributed by atoms with van der Waals surface area (Å²) >= 11 is 0. The van der Waals surface area contributed by atoms with Crippen molar-refractivity contribution < 1.29 is 19.7 Å². The van der Waals surface area contributed by atoms with Crippen LogP contribution in [0, 0.1) is 45.3 Å². The summed E-state index contributed by atoms with van der Waals surface area (Å²) in [5.41, 5.74) is 0.716. The second-order valence-electron chi connectivity index (χ2n) is 18.5. The Kier molecular flexibility index (Phi) is 12.3. The first kappa shape index (κ1) is 37.9. The van der Waals surface area contributed by atoms with Gasteiger partial charge in [-0.1, -0.05) is 105 Å². The summed E-state index contributed by atoms with van der Waals surface area (Å²) in [4.78, 5) is 13.1. The number of aliphatic hydroxyl groups is 2. The van der Waals surface area contributed by atoms with Gasteiger partial charge in [-0.25, -0.2) is 0 Å². The summed E-state index contributed by atoms with van der Waals surface area (Å²) in [5, 5.41) is 22.2. The van der Waals surface area contributed by atoms with Crippen LogP contribution in [-0.4, -0.2) is 34.0 Å². The van der Waals surface area contributed by atoms with Gasteiger partial charge in [0.2, 0.25) is 0 Å². The third-order valence-electron chi connectivity index (χ3n) is 15.4. The largest absolute Gasteiger partial charge is 0.462 e. The van der Waals surface area contributed by atoms with Crippen molar-refractivity contribution in [2.75, 3.05) is 0 Å². The van der Waals surface area contributed by atoms with Crippen LogP contribution in [0.25, 0.3) is 0 Å². The Labute approximate surface area is 284 Å². The average Bonchev–Trinajstić information content (AvgIpc) is 3.35. The van der Waals surface area contributed by atoms with E-state index >= 15 is 0 Å². The van der Waals surface area contributed by atoms with E-state index in [0.29, 0.717) is 37.0 Å². The van der Waals surface area contributed by atoms with Crippen molar-refractivity contribution in [2.45, 2.75) is 202 Å². The Morgan fingerprint density at radius 3 is 2.09 bits per heavy atom. The zero-order valence-electron chi connectivity index (χ0n) is 31.5. The van der Waals surface area contributed by atoms with Gasteiger partial charge in [-0.15, -0.1) is 0 Å². The van der Waals surface area contributed by atoms with Crippen LogP contribution in [0.3, 0.4) is 0 Å². The van der Waals surface area contributed by atoms with E-state index < -0.39 is 11.7 Å². The molecule has 4 saturated carbocycles. The highest BCUT2D eigenvalue weighted by Gasteiger charge is 2.69. The van der Waals surface area contributed by atoms with Gasteiger partial charge < -0.3 is 14.9 Å². The van der Waals surface area contributed by atoms with Crippen molar-refractivity contribution in [3.8, 4) is 0 Å². The molecule has 0 aliphatic heterocycles. The number of hydrogen-bond donors (Lipinski definition) is 2. The molecule has 4 aliphatic rings. The lowest BCUT2D eigenvalue weighted by atomic mass is 9.35. The number of carbonyl (C=O) groups is 1. The minimum atomic E-state index is -0.763. The predicted molar refractivity (Wildman–Crippen MR) is 191 cm³/mol. The molecule has 4 rings (SSSR count). The molecular weight excluding hydrogens is 568 g/mol. The van der Waals surface area contributed by atoms with Crippen LogP contribution in [0.4, 0.5) is 0 Å². The minimum Gasteiger partial charge on any atom is -0.462 e. The zero-order chi connectivity index (χ0) is 34.0. The average molecular weight is 643 g/mol. The van der Waals surface area contributed by atoms with E-state index in [1.807, 2.05) is 13.8 Å². The maximum absolute atomic E-state index is 13.1. The third kappa shape index (κ3) is 7.34. The van der Waals surface area contributed by atoms with E-state index in [1.165, 1.54) is 77.0 Å². The molecule has 46 heavy (non-hydrogen) atoms. The van der Waals surface area contributed by atoms with Gasteiger partial charge in [-0.05, 0) is 124 Å². The summed E-state index contributed by atoms with van der Waals surface area (Å²) in [7, 11) is 0. The summed E-state index contributed by atoms with van der Waals surface area (Å²) in [6.07, 6.45) is 21.9. The fourth-order valence-electron chi connectivity index (χ4n) is 12.3. The summed E-state index contributed by atoms with van der Waals surface area (Å²) in [5.74, 6) is 2.05. The number of hydrogen-bond acceptors (Lipinski definition) is 4. The van der Waals surface area contributed by atoms with Crippen molar-refractivity contribution in [2.24, 2.45) is 45.3 Å². The molecule has 0 bridgehead atoms. The monoisotopic (exact) mass is 643 g/mol. The Morgan fingerprint density at radius 2 is 1.46 bits per heavy atom. The van der Waals surface area contributed by atoms with Gasteiger partial charge in [0.15, 0.2) is 0 Å². The van der Waals surface area contributed by atoms with Crippen molar-refractivity contribution in [1.29, 1.82) is 0 Å². The van der Waals surface area contributed by atoms with E-state index in [-0.39, 0.29) is 39.7 Å². The SMILES string of the molecule is C=C(C)C(O)CCC(C)(O)C1CCC2(C)C1CCC1C3(C)CCC(OC(=O)CCCCCCCCCCC)C(C)(C)C3CCC12C. The van der Waals surface area contributed by atoms with E-state index in [0.717, 1.165) is 37.7 Å². The first-order valence-electron chi connectivity index (χ1n) is 19.8. The van der Waals surface area contributed by atoms with Gasteiger partial charge in [-0.3, -0.25) is 4.79 Å². The second kappa shape index (κ2) is 14.9. The number of fused-ring (bicyclic) bond motifs is 5. The molecule has 0 aromatic carbocycles. The molecule has 0 heterocycles. The Bertz CT molecular complexity index is 1030. The molecule has 4 heteroatoms. The Balaban J connectivity index is 1.36. The van der Waals surface area contributed by atoms with Crippen LogP contribution >= 0.6 is 0 Å². The van der Waals surface area contributed by atoms with E-state index in [9.17, 15) is 15.0 Å². The molecule has 2 N–H and O–H groups in total. The van der Waals surface area contributed by atoms with Crippen molar-refractivity contribution in [1.82, 2.24) is 0 Å². The number of rotatable bonds is 16. The fraction of sp³-hybridized carbons (Fsp3) is 0.929. The molecule has 0 spiro atoms. The molecule has 0 aromatic rings. The highest BCUT2D eigenvalue weighted by atomic mass is 16.5. The van der Waals surface area contributed by atoms with Crippen LogP contribution in [0.1, 0.15) is 184 Å². The molecule has 10 atom stereocenters. The molecule has 0 amide bonds. The fourth-order valence-corrected chi connectivity index (χ4v) is 12.3. The summed E-state index contributed by atoms with van der Waals surface area (Å²) in [6, 6.07) is 0. The molecule has 4 aliphatic carbocycles. The zero-order valence-corrected chi connectivity index (χ0v) is 31.5. The number of esters is 1. The molecule has 10 unspecified atom stereocenters. The van der Waals surface area contributed by atoms with Crippen molar-refractivity contribution >= 4 is 5.97 Å². The predicted octanol–water partition coefficient (Wildman–Crippen LogP) is 11.0. The van der Waals surface area contributed by atoms with Gasteiger partial charge in [0, 0.05) is 11.8 Å². The van der Waals surface area contributed by atoms with Crippen LogP contribution < -0.4 is 0 Å². The lowest BCUT2D eigenvalue weighted by Crippen LogP contribution is -2.64. The second-order valence-corrected chi connectivity index (χ2v) is 18.5. The standard InChI is InChI=1S/C42H74O4/c1-10-11-12-13-14-15-16-17-18-19-37(44)46-36-25-26-39(6)34(38(36,4)5)24-28-41(8)35(39)21-20-31-32(22-27-40(31,41)7)42(9,45)29-23-33(43)30(2)3/h31-36,43,45H,2,10-29H2,1,3-9H3. The molecule has 266 valence electrons. The van der Waals surface area contributed by atoms with Gasteiger partial charge >= 0.3 is 5.97 Å². The van der Waals surface area contributed by atoms with Crippen LogP contribution in [0.5, 0.6) is 0 Å². The molecule has 4 nitrogen and oxygen atoms in total. The van der Waals surface area contributed by atoms with Crippen LogP contribution in [0.15, 0.2) is 12.2 Å². The lowest BCUT2D eigenvalue weighted by Gasteiger charge is -2.70.